The third-order valence-corrected chi connectivity index (χ3v) is 3.29. The SMILES string of the molecule is CCN(CCCC(=O)N(C)C)C1CCNC1. The lowest BCUT2D eigenvalue weighted by molar-refractivity contribution is -0.128. The summed E-state index contributed by atoms with van der Waals surface area (Å²) in [6, 6.07) is 0.680. The number of amides is 1. The highest BCUT2D eigenvalue weighted by molar-refractivity contribution is 5.75. The predicted molar refractivity (Wildman–Crippen MR) is 66.4 cm³/mol. The van der Waals surface area contributed by atoms with Crippen LogP contribution in [0.2, 0.25) is 0 Å². The van der Waals surface area contributed by atoms with Gasteiger partial charge in [-0.05, 0) is 32.5 Å². The molecule has 0 aromatic rings. The molecule has 4 heteroatoms. The number of hydrogen-bond donors (Lipinski definition) is 1. The molecule has 1 heterocycles. The Hall–Kier alpha value is -0.610. The zero-order valence-electron chi connectivity index (χ0n) is 10.8. The first-order valence-corrected chi connectivity index (χ1v) is 6.30. The molecule has 94 valence electrons. The van der Waals surface area contributed by atoms with E-state index in [0.29, 0.717) is 12.5 Å². The minimum Gasteiger partial charge on any atom is -0.349 e. The Kier molecular flexibility index (Phi) is 5.77. The fourth-order valence-corrected chi connectivity index (χ4v) is 2.21. The second-order valence-corrected chi connectivity index (χ2v) is 4.67. The van der Waals surface area contributed by atoms with E-state index in [0.717, 1.165) is 32.6 Å². The van der Waals surface area contributed by atoms with Crippen LogP contribution in [0.1, 0.15) is 26.2 Å². The largest absolute Gasteiger partial charge is 0.349 e. The molecule has 1 N–H and O–H groups in total. The van der Waals surface area contributed by atoms with Crippen LogP contribution in [-0.2, 0) is 4.79 Å². The molecule has 0 aromatic carbocycles. The van der Waals surface area contributed by atoms with Gasteiger partial charge in [0.15, 0.2) is 0 Å². The second kappa shape index (κ2) is 6.86. The van der Waals surface area contributed by atoms with Crippen LogP contribution in [0.4, 0.5) is 0 Å². The van der Waals surface area contributed by atoms with Crippen molar-refractivity contribution in [2.24, 2.45) is 0 Å². The normalized spacial score (nSPS) is 20.4. The molecule has 0 aromatic heterocycles. The van der Waals surface area contributed by atoms with Crippen molar-refractivity contribution in [1.29, 1.82) is 0 Å². The van der Waals surface area contributed by atoms with E-state index in [9.17, 15) is 4.79 Å². The first-order valence-electron chi connectivity index (χ1n) is 6.30. The van der Waals surface area contributed by atoms with E-state index < -0.39 is 0 Å². The lowest BCUT2D eigenvalue weighted by Crippen LogP contribution is -2.37. The number of likely N-dealkylation sites (N-methyl/N-ethyl adjacent to an activating group) is 1. The molecule has 1 aliphatic rings. The number of nitrogens with zero attached hydrogens (tertiary/aromatic N) is 2. The highest BCUT2D eigenvalue weighted by atomic mass is 16.2. The molecule has 1 fully saturated rings. The van der Waals surface area contributed by atoms with Gasteiger partial charge in [-0.3, -0.25) is 9.69 Å². The van der Waals surface area contributed by atoms with Crippen LogP contribution in [0.3, 0.4) is 0 Å². The Morgan fingerprint density at radius 3 is 2.69 bits per heavy atom. The molecule has 1 saturated heterocycles. The maximum Gasteiger partial charge on any atom is 0.222 e. The van der Waals surface area contributed by atoms with Gasteiger partial charge in [-0.2, -0.15) is 0 Å². The zero-order valence-corrected chi connectivity index (χ0v) is 10.8. The molecule has 1 unspecified atom stereocenters. The summed E-state index contributed by atoms with van der Waals surface area (Å²) in [4.78, 5) is 15.6. The lowest BCUT2D eigenvalue weighted by atomic mass is 10.2. The number of nitrogens with one attached hydrogen (secondary N) is 1. The number of carbonyl (C=O) groups is 1. The van der Waals surface area contributed by atoms with E-state index in [1.165, 1.54) is 6.42 Å². The lowest BCUT2D eigenvalue weighted by Gasteiger charge is -2.26. The van der Waals surface area contributed by atoms with E-state index in [1.807, 2.05) is 14.1 Å². The molecule has 0 saturated carbocycles. The second-order valence-electron chi connectivity index (χ2n) is 4.67. The molecule has 0 bridgehead atoms. The van der Waals surface area contributed by atoms with Crippen LogP contribution >= 0.6 is 0 Å². The molecule has 0 radical (unpaired) electrons. The summed E-state index contributed by atoms with van der Waals surface area (Å²) in [5, 5.41) is 3.39. The Bertz CT molecular complexity index is 212. The van der Waals surface area contributed by atoms with Crippen molar-refractivity contribution < 1.29 is 4.79 Å². The molecule has 4 nitrogen and oxygen atoms in total. The fourth-order valence-electron chi connectivity index (χ4n) is 2.21. The summed E-state index contributed by atoms with van der Waals surface area (Å²) >= 11 is 0. The fraction of sp³-hybridized carbons (Fsp3) is 0.917. The van der Waals surface area contributed by atoms with Gasteiger partial charge in [0, 0.05) is 33.1 Å². The molecule has 1 rings (SSSR count). The van der Waals surface area contributed by atoms with E-state index in [2.05, 4.69) is 17.1 Å². The van der Waals surface area contributed by atoms with Crippen LogP contribution in [0.25, 0.3) is 0 Å². The maximum atomic E-state index is 11.4. The summed E-state index contributed by atoms with van der Waals surface area (Å²) in [5.74, 6) is 0.237. The van der Waals surface area contributed by atoms with Crippen molar-refractivity contribution in [3.05, 3.63) is 0 Å². The third-order valence-electron chi connectivity index (χ3n) is 3.29. The quantitative estimate of drug-likeness (QED) is 0.719. The van der Waals surface area contributed by atoms with Crippen LogP contribution in [0, 0.1) is 0 Å². The zero-order chi connectivity index (χ0) is 12.0. The highest BCUT2D eigenvalue weighted by Gasteiger charge is 2.20. The summed E-state index contributed by atoms with van der Waals surface area (Å²) < 4.78 is 0. The van der Waals surface area contributed by atoms with E-state index >= 15 is 0 Å². The topological polar surface area (TPSA) is 35.6 Å². The van der Waals surface area contributed by atoms with Crippen LogP contribution < -0.4 is 5.32 Å². The average molecular weight is 227 g/mol. The molecule has 1 atom stereocenters. The number of rotatable bonds is 6. The van der Waals surface area contributed by atoms with Crippen molar-refractivity contribution in [3.63, 3.8) is 0 Å². The summed E-state index contributed by atoms with van der Waals surface area (Å²) in [7, 11) is 3.64. The monoisotopic (exact) mass is 227 g/mol. The Morgan fingerprint density at radius 1 is 1.44 bits per heavy atom. The van der Waals surface area contributed by atoms with Crippen LogP contribution in [0.15, 0.2) is 0 Å². The molecular formula is C12H25N3O. The first-order chi connectivity index (χ1) is 7.65. The number of carbonyl (C=O) groups excluding carboxylic acids is 1. The van der Waals surface area contributed by atoms with Gasteiger partial charge in [0.05, 0.1) is 0 Å². The highest BCUT2D eigenvalue weighted by Crippen LogP contribution is 2.09. The summed E-state index contributed by atoms with van der Waals surface area (Å²) in [5.41, 5.74) is 0. The first kappa shape index (κ1) is 13.5. The molecule has 16 heavy (non-hydrogen) atoms. The van der Waals surface area contributed by atoms with Gasteiger partial charge >= 0.3 is 0 Å². The average Bonchev–Trinajstić information content (AvgIpc) is 2.77. The van der Waals surface area contributed by atoms with Gasteiger partial charge in [-0.1, -0.05) is 6.92 Å². The van der Waals surface area contributed by atoms with Crippen LogP contribution in [0.5, 0.6) is 0 Å². The van der Waals surface area contributed by atoms with Gasteiger partial charge < -0.3 is 10.2 Å². The predicted octanol–water partition coefficient (Wildman–Crippen LogP) is 0.539. The van der Waals surface area contributed by atoms with E-state index in [1.54, 1.807) is 4.90 Å². The summed E-state index contributed by atoms with van der Waals surface area (Å²) in [6.45, 7) is 6.57. The standard InChI is InChI=1S/C12H25N3O/c1-4-15(11-7-8-13-10-11)9-5-6-12(16)14(2)3/h11,13H,4-10H2,1-3H3. The van der Waals surface area contributed by atoms with E-state index in [4.69, 9.17) is 0 Å². The Balaban J connectivity index is 2.21. The van der Waals surface area contributed by atoms with Crippen molar-refractivity contribution in [1.82, 2.24) is 15.1 Å². The van der Waals surface area contributed by atoms with E-state index in [-0.39, 0.29) is 5.91 Å². The molecule has 0 spiro atoms. The molecule has 1 aliphatic heterocycles. The molecule has 0 aliphatic carbocycles. The molecule has 1 amide bonds. The number of hydrogen-bond acceptors (Lipinski definition) is 3. The Labute approximate surface area is 99.0 Å². The van der Waals surface area contributed by atoms with Gasteiger partial charge in [0.1, 0.15) is 0 Å². The summed E-state index contributed by atoms with van der Waals surface area (Å²) in [6.07, 6.45) is 2.89. The van der Waals surface area contributed by atoms with Gasteiger partial charge in [0.25, 0.3) is 0 Å². The maximum absolute atomic E-state index is 11.4. The molecular weight excluding hydrogens is 202 g/mol. The third kappa shape index (κ3) is 4.10. The smallest absolute Gasteiger partial charge is 0.222 e. The van der Waals surface area contributed by atoms with Gasteiger partial charge in [0.2, 0.25) is 5.91 Å². The van der Waals surface area contributed by atoms with Gasteiger partial charge in [-0.15, -0.1) is 0 Å². The van der Waals surface area contributed by atoms with Crippen molar-refractivity contribution in [2.75, 3.05) is 40.3 Å². The van der Waals surface area contributed by atoms with Crippen molar-refractivity contribution in [2.45, 2.75) is 32.2 Å². The van der Waals surface area contributed by atoms with Crippen molar-refractivity contribution in [3.8, 4) is 0 Å². The Morgan fingerprint density at radius 2 is 2.19 bits per heavy atom. The van der Waals surface area contributed by atoms with Crippen LogP contribution in [-0.4, -0.2) is 62.0 Å². The minimum atomic E-state index is 0.237. The minimum absolute atomic E-state index is 0.237. The van der Waals surface area contributed by atoms with Gasteiger partial charge in [-0.25, -0.2) is 0 Å². The van der Waals surface area contributed by atoms with Crippen molar-refractivity contribution >= 4 is 5.91 Å².